The van der Waals surface area contributed by atoms with E-state index < -0.39 is 40.6 Å². The molecule has 0 atom stereocenters. The third kappa shape index (κ3) is 5.67. The summed E-state index contributed by atoms with van der Waals surface area (Å²) in [6.45, 7) is 3.17. The van der Waals surface area contributed by atoms with Gasteiger partial charge in [0.1, 0.15) is 17.0 Å². The summed E-state index contributed by atoms with van der Waals surface area (Å²) in [4.78, 5) is 39.9. The van der Waals surface area contributed by atoms with Gasteiger partial charge in [-0.3, -0.25) is 15.0 Å². The van der Waals surface area contributed by atoms with E-state index in [4.69, 9.17) is 4.74 Å². The maximum atomic E-state index is 14.3. The lowest BCUT2D eigenvalue weighted by Gasteiger charge is -2.34. The van der Waals surface area contributed by atoms with Crippen LogP contribution < -0.4 is 20.6 Å². The minimum atomic E-state index is -1.23. The molecule has 0 unspecified atom stereocenters. The number of nitrogens with zero attached hydrogens (tertiary/aromatic N) is 5. The number of ether oxygens (including phenoxy) is 1. The normalized spacial score (nSPS) is 14.3. The summed E-state index contributed by atoms with van der Waals surface area (Å²) >= 11 is 0. The van der Waals surface area contributed by atoms with Gasteiger partial charge in [0.05, 0.1) is 7.11 Å². The van der Waals surface area contributed by atoms with Gasteiger partial charge < -0.3 is 9.84 Å². The van der Waals surface area contributed by atoms with E-state index in [2.05, 4.69) is 15.7 Å². The number of halogens is 2. The van der Waals surface area contributed by atoms with E-state index in [9.17, 15) is 28.3 Å². The zero-order valence-electron chi connectivity index (χ0n) is 21.9. The number of para-hydroxylation sites is 1. The van der Waals surface area contributed by atoms with Crippen molar-refractivity contribution in [2.75, 3.05) is 12.0 Å². The van der Waals surface area contributed by atoms with Crippen LogP contribution in [0.4, 0.5) is 19.3 Å². The second-order valence-electron chi connectivity index (χ2n) is 9.88. The molecular weight excluding hydrogens is 514 g/mol. The molecule has 1 aromatic heterocycles. The molecule has 1 saturated carbocycles. The molecule has 1 aliphatic carbocycles. The van der Waals surface area contributed by atoms with Gasteiger partial charge in [0.2, 0.25) is 0 Å². The number of hydrogen-bond donors (Lipinski definition) is 2. The highest BCUT2D eigenvalue weighted by molar-refractivity contribution is 5.93. The third-order valence-corrected chi connectivity index (χ3v) is 6.86. The molecule has 1 amide bonds. The van der Waals surface area contributed by atoms with Gasteiger partial charge in [-0.2, -0.15) is 4.68 Å². The van der Waals surface area contributed by atoms with Crippen molar-refractivity contribution in [3.05, 3.63) is 64.1 Å². The van der Waals surface area contributed by atoms with Crippen LogP contribution in [-0.4, -0.2) is 55.6 Å². The fourth-order valence-corrected chi connectivity index (χ4v) is 4.56. The van der Waals surface area contributed by atoms with E-state index in [0.29, 0.717) is 39.2 Å². The lowest BCUT2D eigenvalue weighted by Crippen LogP contribution is -2.47. The Bertz CT molecular complexity index is 1410. The van der Waals surface area contributed by atoms with Gasteiger partial charge >= 0.3 is 17.7 Å². The molecule has 0 saturated heterocycles. The lowest BCUT2D eigenvalue weighted by molar-refractivity contribution is -0.143. The Morgan fingerprint density at radius 2 is 1.79 bits per heavy atom. The summed E-state index contributed by atoms with van der Waals surface area (Å²) < 4.78 is 35.0. The van der Waals surface area contributed by atoms with E-state index >= 15 is 0 Å². The summed E-state index contributed by atoms with van der Waals surface area (Å²) in [7, 11) is 1.48. The minimum absolute atomic E-state index is 0.117. The Hall–Kier alpha value is -4.13. The van der Waals surface area contributed by atoms with Crippen LogP contribution in [0.2, 0.25) is 0 Å². The summed E-state index contributed by atoms with van der Waals surface area (Å²) in [6.07, 6.45) is 4.08. The number of carboxylic acid groups (broad SMARTS) is 1. The molecule has 11 nitrogen and oxygen atoms in total. The number of aliphatic carboxylic acids is 1. The highest BCUT2D eigenvalue weighted by Crippen LogP contribution is 2.31. The number of nitrogens with one attached hydrogen (secondary N) is 1. The van der Waals surface area contributed by atoms with Crippen LogP contribution >= 0.6 is 0 Å². The summed E-state index contributed by atoms with van der Waals surface area (Å²) in [5.74, 6) is -2.62. The highest BCUT2D eigenvalue weighted by atomic mass is 19.1. The number of anilines is 1. The monoisotopic (exact) mass is 544 g/mol. The van der Waals surface area contributed by atoms with E-state index in [-0.39, 0.29) is 12.6 Å². The van der Waals surface area contributed by atoms with Crippen molar-refractivity contribution in [1.82, 2.24) is 25.1 Å². The molecule has 3 aromatic rings. The zero-order chi connectivity index (χ0) is 28.3. The predicted molar refractivity (Wildman–Crippen MR) is 137 cm³/mol. The lowest BCUT2D eigenvalue weighted by atomic mass is 9.93. The molecule has 2 N–H and O–H groups in total. The van der Waals surface area contributed by atoms with Crippen molar-refractivity contribution in [3.63, 3.8) is 0 Å². The molecule has 0 bridgehead atoms. The fraction of sp³-hybridized carbons (Fsp3) is 0.423. The Balaban J connectivity index is 1.75. The molecule has 13 heteroatoms. The Morgan fingerprint density at radius 1 is 1.13 bits per heavy atom. The van der Waals surface area contributed by atoms with Crippen LogP contribution in [0.5, 0.6) is 5.75 Å². The largest absolute Gasteiger partial charge is 0.496 e. The van der Waals surface area contributed by atoms with Gasteiger partial charge in [0, 0.05) is 23.8 Å². The van der Waals surface area contributed by atoms with Crippen molar-refractivity contribution in [2.45, 2.75) is 64.1 Å². The molecule has 1 heterocycles. The summed E-state index contributed by atoms with van der Waals surface area (Å²) in [6, 6.07) is 6.97. The van der Waals surface area contributed by atoms with Crippen molar-refractivity contribution >= 4 is 17.7 Å². The number of carboxylic acids is 1. The van der Waals surface area contributed by atoms with Gasteiger partial charge in [-0.05, 0) is 67.4 Å². The number of carbonyl (C=O) groups is 2. The van der Waals surface area contributed by atoms with Gasteiger partial charge in [0.25, 0.3) is 0 Å². The van der Waals surface area contributed by atoms with Crippen LogP contribution in [0.25, 0.3) is 5.69 Å². The first-order valence-electron chi connectivity index (χ1n) is 12.5. The fourth-order valence-electron chi connectivity index (χ4n) is 4.56. The van der Waals surface area contributed by atoms with E-state index in [0.717, 1.165) is 37.5 Å². The Morgan fingerprint density at radius 3 is 2.41 bits per heavy atom. The second-order valence-corrected chi connectivity index (χ2v) is 9.88. The number of carbonyl (C=O) groups excluding carboxylic acids is 1. The number of amides is 1. The maximum Gasteiger partial charge on any atom is 0.377 e. The van der Waals surface area contributed by atoms with Gasteiger partial charge in [-0.25, -0.2) is 18.4 Å². The smallest absolute Gasteiger partial charge is 0.377 e. The van der Waals surface area contributed by atoms with Crippen molar-refractivity contribution in [2.24, 2.45) is 0 Å². The third-order valence-electron chi connectivity index (χ3n) is 6.86. The van der Waals surface area contributed by atoms with Crippen LogP contribution in [0.1, 0.15) is 51.5 Å². The van der Waals surface area contributed by atoms with Gasteiger partial charge in [-0.15, -0.1) is 4.68 Å². The van der Waals surface area contributed by atoms with Crippen LogP contribution in [0.15, 0.2) is 41.2 Å². The molecular formula is C26H30F2N6O5. The number of aromatic nitrogens is 4. The first-order chi connectivity index (χ1) is 18.5. The Labute approximate surface area is 223 Å². The SMILES string of the molecule is COc1ccc(N(C(=O)n2nnn(-c3c(F)cccc3F)c2=O)C2CCCCC2)cc1CNC(C)(C)C(=O)O. The highest BCUT2D eigenvalue weighted by Gasteiger charge is 2.32. The van der Waals surface area contributed by atoms with Crippen LogP contribution in [-0.2, 0) is 11.3 Å². The molecule has 39 heavy (non-hydrogen) atoms. The second kappa shape index (κ2) is 11.3. The molecule has 1 fully saturated rings. The molecule has 4 rings (SSSR count). The minimum Gasteiger partial charge on any atom is -0.496 e. The Kier molecular flexibility index (Phi) is 8.09. The average molecular weight is 545 g/mol. The average Bonchev–Trinajstić information content (AvgIpc) is 3.29. The zero-order valence-corrected chi connectivity index (χ0v) is 21.9. The van der Waals surface area contributed by atoms with E-state index in [1.165, 1.54) is 25.9 Å². The van der Waals surface area contributed by atoms with Crippen LogP contribution in [0.3, 0.4) is 0 Å². The van der Waals surface area contributed by atoms with Crippen molar-refractivity contribution < 1.29 is 28.2 Å². The molecule has 0 spiro atoms. The maximum absolute atomic E-state index is 14.3. The van der Waals surface area contributed by atoms with Gasteiger partial charge in [0.15, 0.2) is 11.6 Å². The number of benzene rings is 2. The predicted octanol–water partition coefficient (Wildman–Crippen LogP) is 3.48. The first kappa shape index (κ1) is 27.9. The van der Waals surface area contributed by atoms with Gasteiger partial charge in [-0.1, -0.05) is 25.3 Å². The number of methoxy groups -OCH3 is 1. The molecule has 2 aromatic carbocycles. The van der Waals surface area contributed by atoms with E-state index in [1.54, 1.807) is 18.2 Å². The van der Waals surface area contributed by atoms with Crippen molar-refractivity contribution in [3.8, 4) is 11.4 Å². The summed E-state index contributed by atoms with van der Waals surface area (Å²) in [5.41, 5.74) is -2.07. The first-order valence-corrected chi connectivity index (χ1v) is 12.5. The quantitative estimate of drug-likeness (QED) is 0.412. The molecule has 1 aliphatic rings. The topological polar surface area (TPSA) is 132 Å². The standard InChI is InChI=1S/C26H30F2N6O5/c1-26(2,23(35)36)29-15-16-14-18(12-13-21(16)39-3)32(17-8-5-4-6-9-17)24(37)34-25(38)33(30-31-34)22-19(27)10-7-11-20(22)28/h7,10-14,17,29H,4-6,8-9,15H2,1-3H3,(H,35,36). The molecule has 0 radical (unpaired) electrons. The number of hydrogen-bond acceptors (Lipinski definition) is 7. The number of tetrazole rings is 1. The van der Waals surface area contributed by atoms with Crippen molar-refractivity contribution in [1.29, 1.82) is 0 Å². The molecule has 208 valence electrons. The van der Waals surface area contributed by atoms with Crippen LogP contribution in [0, 0.1) is 11.6 Å². The van der Waals surface area contributed by atoms with E-state index in [1.807, 2.05) is 0 Å². The summed E-state index contributed by atoms with van der Waals surface area (Å²) in [5, 5.41) is 19.6. The molecule has 0 aliphatic heterocycles. The number of rotatable bonds is 8.